The van der Waals surface area contributed by atoms with Crippen LogP contribution in [0.4, 0.5) is 0 Å². The Kier molecular flexibility index (Phi) is 9.21. The molecule has 0 atom stereocenters. The SMILES string of the molecule is C=C(CCN)CNC(=C)N1CCC2(CC1)Cc1cc(C)ccc1C1=C2C(=C)N(CC=N)C(SCCCC)=N1. The lowest BCUT2D eigenvalue weighted by Gasteiger charge is -2.50. The first-order chi connectivity index (χ1) is 18.3. The maximum atomic E-state index is 7.89. The van der Waals surface area contributed by atoms with Gasteiger partial charge in [0.25, 0.3) is 0 Å². The molecule has 0 unspecified atom stereocenters. The molecule has 4 N–H and O–H groups in total. The number of allylic oxidation sites excluding steroid dienone is 1. The maximum absolute atomic E-state index is 7.89. The fraction of sp³-hybridized carbons (Fsp3) is 0.484. The topological polar surface area (TPSA) is 80.7 Å². The largest absolute Gasteiger partial charge is 0.369 e. The van der Waals surface area contributed by atoms with Crippen LogP contribution >= 0.6 is 11.8 Å². The number of rotatable bonds is 11. The minimum absolute atomic E-state index is 0.0312. The number of amidine groups is 1. The highest BCUT2D eigenvalue weighted by molar-refractivity contribution is 8.13. The predicted octanol–water partition coefficient (Wildman–Crippen LogP) is 5.68. The monoisotopic (exact) mass is 532 g/mol. The molecule has 0 saturated carbocycles. The lowest BCUT2D eigenvalue weighted by atomic mass is 9.63. The molecular weight excluding hydrogens is 488 g/mol. The van der Waals surface area contributed by atoms with E-state index in [0.717, 1.165) is 85.3 Å². The molecule has 1 aromatic rings. The Morgan fingerprint density at radius 2 is 2.05 bits per heavy atom. The van der Waals surface area contributed by atoms with Gasteiger partial charge in [-0.2, -0.15) is 0 Å². The van der Waals surface area contributed by atoms with E-state index in [-0.39, 0.29) is 5.41 Å². The van der Waals surface area contributed by atoms with Gasteiger partial charge in [0.1, 0.15) is 0 Å². The van der Waals surface area contributed by atoms with Gasteiger partial charge in [-0.25, -0.2) is 4.99 Å². The number of fused-ring (bicyclic) bond motifs is 3. The van der Waals surface area contributed by atoms with Crippen molar-refractivity contribution in [1.82, 2.24) is 15.1 Å². The summed E-state index contributed by atoms with van der Waals surface area (Å²) in [6, 6.07) is 6.80. The molecule has 1 aromatic carbocycles. The van der Waals surface area contributed by atoms with Crippen LogP contribution in [-0.2, 0) is 6.42 Å². The van der Waals surface area contributed by atoms with Crippen molar-refractivity contribution in [3.8, 4) is 0 Å². The Bertz CT molecular complexity index is 1150. The average Bonchev–Trinajstić information content (AvgIpc) is 2.89. The fourth-order valence-corrected chi connectivity index (χ4v) is 6.98. The summed E-state index contributed by atoms with van der Waals surface area (Å²) in [5.41, 5.74) is 14.1. The number of piperidine rings is 1. The van der Waals surface area contributed by atoms with Crippen LogP contribution in [0.25, 0.3) is 5.70 Å². The number of thioether (sulfide) groups is 1. The first kappa shape index (κ1) is 28.2. The zero-order chi connectivity index (χ0) is 27.3. The summed E-state index contributed by atoms with van der Waals surface area (Å²) in [4.78, 5) is 9.86. The molecule has 1 saturated heterocycles. The molecule has 0 aromatic heterocycles. The zero-order valence-electron chi connectivity index (χ0n) is 23.2. The van der Waals surface area contributed by atoms with Crippen LogP contribution in [-0.4, -0.2) is 59.7 Å². The second-order valence-electron chi connectivity index (χ2n) is 10.8. The van der Waals surface area contributed by atoms with Crippen LogP contribution in [0.2, 0.25) is 0 Å². The van der Waals surface area contributed by atoms with Crippen LogP contribution in [0, 0.1) is 17.7 Å². The first-order valence-corrected chi connectivity index (χ1v) is 14.9. The smallest absolute Gasteiger partial charge is 0.169 e. The van der Waals surface area contributed by atoms with Gasteiger partial charge >= 0.3 is 0 Å². The van der Waals surface area contributed by atoms with Gasteiger partial charge in [-0.1, -0.05) is 74.2 Å². The molecule has 2 aliphatic heterocycles. The number of hydrogen-bond acceptors (Lipinski definition) is 7. The van der Waals surface area contributed by atoms with Crippen LogP contribution in [0.15, 0.2) is 65.6 Å². The highest BCUT2D eigenvalue weighted by Crippen LogP contribution is 2.54. The molecule has 2 heterocycles. The first-order valence-electron chi connectivity index (χ1n) is 13.9. The van der Waals surface area contributed by atoms with E-state index in [9.17, 15) is 0 Å². The Hall–Kier alpha value is -2.77. The van der Waals surface area contributed by atoms with Gasteiger partial charge in [0.2, 0.25) is 0 Å². The molecule has 0 amide bonds. The van der Waals surface area contributed by atoms with Crippen molar-refractivity contribution < 1.29 is 0 Å². The maximum Gasteiger partial charge on any atom is 0.169 e. The van der Waals surface area contributed by atoms with Crippen LogP contribution < -0.4 is 11.1 Å². The zero-order valence-corrected chi connectivity index (χ0v) is 24.1. The van der Waals surface area contributed by atoms with Gasteiger partial charge < -0.3 is 26.3 Å². The average molecular weight is 533 g/mol. The van der Waals surface area contributed by atoms with Gasteiger partial charge in [0.05, 0.1) is 18.1 Å². The Morgan fingerprint density at radius 3 is 2.74 bits per heavy atom. The molecule has 6 nitrogen and oxygen atoms in total. The van der Waals surface area contributed by atoms with Crippen molar-refractivity contribution in [3.05, 3.63) is 77.3 Å². The highest BCUT2D eigenvalue weighted by atomic mass is 32.2. The summed E-state index contributed by atoms with van der Waals surface area (Å²) < 4.78 is 0. The summed E-state index contributed by atoms with van der Waals surface area (Å²) in [5, 5.41) is 12.3. The van der Waals surface area contributed by atoms with Crippen LogP contribution in [0.1, 0.15) is 55.7 Å². The third kappa shape index (κ3) is 5.79. The number of nitrogens with zero attached hydrogens (tertiary/aromatic N) is 3. The second kappa shape index (κ2) is 12.4. The summed E-state index contributed by atoms with van der Waals surface area (Å²) in [5.74, 6) is 1.98. The number of nitrogens with one attached hydrogen (secondary N) is 2. The Balaban J connectivity index is 1.65. The van der Waals surface area contributed by atoms with Crippen molar-refractivity contribution in [3.63, 3.8) is 0 Å². The van der Waals surface area contributed by atoms with Crippen molar-refractivity contribution in [2.45, 2.75) is 52.4 Å². The van der Waals surface area contributed by atoms with Gasteiger partial charge in [0.15, 0.2) is 5.17 Å². The lowest BCUT2D eigenvalue weighted by Crippen LogP contribution is -2.48. The lowest BCUT2D eigenvalue weighted by molar-refractivity contribution is 0.151. The Morgan fingerprint density at radius 1 is 1.29 bits per heavy atom. The van der Waals surface area contributed by atoms with Crippen molar-refractivity contribution in [2.75, 3.05) is 38.5 Å². The van der Waals surface area contributed by atoms with Gasteiger partial charge in [-0.05, 0) is 51.1 Å². The van der Waals surface area contributed by atoms with E-state index in [1.165, 1.54) is 28.5 Å². The molecule has 0 bridgehead atoms. The van der Waals surface area contributed by atoms with E-state index in [4.69, 9.17) is 16.1 Å². The number of benzene rings is 1. The number of hydrogen-bond donors (Lipinski definition) is 3. The van der Waals surface area contributed by atoms with E-state index in [0.29, 0.717) is 19.6 Å². The van der Waals surface area contributed by atoms with Crippen LogP contribution in [0.3, 0.4) is 0 Å². The molecule has 1 fully saturated rings. The van der Waals surface area contributed by atoms with E-state index < -0.39 is 0 Å². The number of aliphatic imine (C=N–C) groups is 1. The molecule has 0 radical (unpaired) electrons. The van der Waals surface area contributed by atoms with Gasteiger partial charge in [0, 0.05) is 53.9 Å². The molecule has 204 valence electrons. The number of aryl methyl sites for hydroxylation is 1. The summed E-state index contributed by atoms with van der Waals surface area (Å²) in [7, 11) is 0. The summed E-state index contributed by atoms with van der Waals surface area (Å²) in [6.45, 7) is 21.2. The van der Waals surface area contributed by atoms with E-state index >= 15 is 0 Å². The quantitative estimate of drug-likeness (QED) is 0.194. The Labute approximate surface area is 233 Å². The molecule has 3 aliphatic rings. The predicted molar refractivity (Wildman–Crippen MR) is 164 cm³/mol. The molecular formula is C31H44N6S. The minimum Gasteiger partial charge on any atom is -0.369 e. The highest BCUT2D eigenvalue weighted by Gasteiger charge is 2.47. The fourth-order valence-electron chi connectivity index (χ4n) is 5.86. The second-order valence-corrected chi connectivity index (χ2v) is 11.8. The minimum atomic E-state index is -0.0312. The molecule has 1 aliphatic carbocycles. The summed E-state index contributed by atoms with van der Waals surface area (Å²) in [6.07, 6.45) is 7.61. The van der Waals surface area contributed by atoms with Gasteiger partial charge in [-0.15, -0.1) is 0 Å². The van der Waals surface area contributed by atoms with Gasteiger partial charge in [-0.3, -0.25) is 0 Å². The van der Waals surface area contributed by atoms with Crippen molar-refractivity contribution in [2.24, 2.45) is 16.1 Å². The van der Waals surface area contributed by atoms with E-state index in [1.807, 2.05) is 0 Å². The summed E-state index contributed by atoms with van der Waals surface area (Å²) >= 11 is 1.79. The normalized spacial score (nSPS) is 18.2. The van der Waals surface area contributed by atoms with Crippen molar-refractivity contribution >= 4 is 28.8 Å². The van der Waals surface area contributed by atoms with Crippen LogP contribution in [0.5, 0.6) is 0 Å². The molecule has 38 heavy (non-hydrogen) atoms. The molecule has 7 heteroatoms. The number of likely N-dealkylation sites (tertiary alicyclic amines) is 1. The standard InChI is InChI=1S/C31H44N6S/c1-6-7-18-38-30-35-29-27-9-8-22(2)19-26(27)20-31(28(29)24(4)37(30)17-14-33)11-15-36(16-12-31)25(5)34-21-23(3)10-13-32/h8-9,14,19,33-34H,3-7,10-13,15-18,20-21,32H2,1-2H3. The van der Waals surface area contributed by atoms with E-state index in [2.05, 4.69) is 66.9 Å². The van der Waals surface area contributed by atoms with Crippen molar-refractivity contribution in [1.29, 1.82) is 5.41 Å². The molecule has 1 spiro atoms. The van der Waals surface area contributed by atoms with E-state index in [1.54, 1.807) is 11.8 Å². The third-order valence-electron chi connectivity index (χ3n) is 8.01. The molecule has 4 rings (SSSR count). The number of nitrogens with two attached hydrogens (primary N) is 1. The third-order valence-corrected chi connectivity index (χ3v) is 9.07. The number of unbranched alkanes of at least 4 members (excludes halogenated alkanes) is 1.